The monoisotopic (exact) mass is 433 g/mol. The molecule has 0 fully saturated rings. The fraction of sp³-hybridized carbons (Fsp3) is 0.308. The molecule has 3 rings (SSSR count). The minimum Gasteiger partial charge on any atom is -0.489 e. The van der Waals surface area contributed by atoms with Gasteiger partial charge in [0.15, 0.2) is 0 Å². The zero-order valence-corrected chi connectivity index (χ0v) is 18.9. The Morgan fingerprint density at radius 3 is 2.62 bits per heavy atom. The van der Waals surface area contributed by atoms with Crippen molar-refractivity contribution < 1.29 is 14.3 Å². The van der Waals surface area contributed by atoms with Gasteiger partial charge in [0.25, 0.3) is 0 Å². The van der Waals surface area contributed by atoms with Crippen LogP contribution in [0.15, 0.2) is 66.9 Å². The number of nitrogens with one attached hydrogen (secondary N) is 2. The molecule has 0 aliphatic rings. The van der Waals surface area contributed by atoms with Crippen molar-refractivity contribution in [3.05, 3.63) is 89.1 Å². The predicted molar refractivity (Wildman–Crippen MR) is 127 cm³/mol. The van der Waals surface area contributed by atoms with Crippen LogP contribution in [0.3, 0.4) is 0 Å². The quantitative estimate of drug-likeness (QED) is 0.336. The lowest BCUT2D eigenvalue weighted by Gasteiger charge is -2.13. The summed E-state index contributed by atoms with van der Waals surface area (Å²) in [4.78, 5) is 16.5. The van der Waals surface area contributed by atoms with Crippen LogP contribution in [0, 0.1) is 6.92 Å². The average Bonchev–Trinajstić information content (AvgIpc) is 2.78. The molecule has 6 nitrogen and oxygen atoms in total. The Balaban J connectivity index is 1.44. The Bertz CT molecular complexity index is 1020. The molecular weight excluding hydrogens is 402 g/mol. The maximum atomic E-state index is 12.2. The molecule has 168 valence electrons. The van der Waals surface area contributed by atoms with E-state index in [2.05, 4.69) is 52.9 Å². The van der Waals surface area contributed by atoms with E-state index in [0.717, 1.165) is 16.9 Å². The molecule has 2 aromatic carbocycles. The molecule has 0 saturated heterocycles. The minimum absolute atomic E-state index is 0.172. The Morgan fingerprint density at radius 1 is 1.00 bits per heavy atom. The number of carbonyl (C=O) groups excluding carboxylic acids is 1. The highest BCUT2D eigenvalue weighted by Crippen LogP contribution is 2.16. The number of pyridine rings is 1. The van der Waals surface area contributed by atoms with E-state index in [-0.39, 0.29) is 12.1 Å². The zero-order chi connectivity index (χ0) is 22.8. The van der Waals surface area contributed by atoms with Gasteiger partial charge in [0.1, 0.15) is 23.7 Å². The maximum Gasteiger partial charge on any atom is 0.342 e. The van der Waals surface area contributed by atoms with E-state index in [4.69, 9.17) is 9.47 Å². The molecule has 0 spiro atoms. The molecule has 0 atom stereocenters. The van der Waals surface area contributed by atoms with E-state index in [1.807, 2.05) is 32.0 Å². The molecule has 0 amide bonds. The van der Waals surface area contributed by atoms with Gasteiger partial charge in [0, 0.05) is 25.8 Å². The third-order valence-electron chi connectivity index (χ3n) is 4.68. The number of anilines is 1. The summed E-state index contributed by atoms with van der Waals surface area (Å²) in [5.74, 6) is 1.02. The summed E-state index contributed by atoms with van der Waals surface area (Å²) in [6, 6.07) is 19.9. The van der Waals surface area contributed by atoms with Gasteiger partial charge in [0.2, 0.25) is 0 Å². The van der Waals surface area contributed by atoms with Crippen LogP contribution in [0.25, 0.3) is 0 Å². The summed E-state index contributed by atoms with van der Waals surface area (Å²) in [5, 5.41) is 6.61. The molecule has 6 heteroatoms. The molecule has 3 aromatic rings. The molecule has 2 N–H and O–H groups in total. The second kappa shape index (κ2) is 11.9. The largest absolute Gasteiger partial charge is 0.489 e. The highest BCUT2D eigenvalue weighted by molar-refractivity contribution is 5.94. The summed E-state index contributed by atoms with van der Waals surface area (Å²) in [6.45, 7) is 8.34. The maximum absolute atomic E-state index is 12.2. The summed E-state index contributed by atoms with van der Waals surface area (Å²) >= 11 is 0. The Labute approximate surface area is 190 Å². The normalized spacial score (nSPS) is 10.8. The van der Waals surface area contributed by atoms with E-state index in [1.54, 1.807) is 18.3 Å². The van der Waals surface area contributed by atoms with Gasteiger partial charge < -0.3 is 20.1 Å². The van der Waals surface area contributed by atoms with Crippen LogP contribution in [-0.4, -0.2) is 30.1 Å². The van der Waals surface area contributed by atoms with Crippen LogP contribution in [0.5, 0.6) is 5.75 Å². The fourth-order valence-corrected chi connectivity index (χ4v) is 3.20. The standard InChI is InChI=1S/C26H31N3O3/c1-19(2)32-26(30)24-11-6-12-28-25(24)29-14-13-27-17-21-8-5-10-23(16-21)31-18-22-9-4-7-20(3)15-22/h4-12,15-16,19,27H,13-14,17-18H2,1-3H3,(H,28,29). The number of hydrogen-bond donors (Lipinski definition) is 2. The number of nitrogens with zero attached hydrogens (tertiary/aromatic N) is 1. The lowest BCUT2D eigenvalue weighted by molar-refractivity contribution is 0.0378. The molecule has 0 unspecified atom stereocenters. The van der Waals surface area contributed by atoms with Gasteiger partial charge in [-0.15, -0.1) is 0 Å². The van der Waals surface area contributed by atoms with Crippen LogP contribution in [0.2, 0.25) is 0 Å². The van der Waals surface area contributed by atoms with Crippen molar-refractivity contribution in [2.75, 3.05) is 18.4 Å². The number of benzene rings is 2. The summed E-state index contributed by atoms with van der Waals surface area (Å²) < 4.78 is 11.2. The zero-order valence-electron chi connectivity index (χ0n) is 18.9. The molecule has 0 radical (unpaired) electrons. The van der Waals surface area contributed by atoms with Crippen LogP contribution in [0.4, 0.5) is 5.82 Å². The van der Waals surface area contributed by atoms with E-state index in [0.29, 0.717) is 37.6 Å². The predicted octanol–water partition coefficient (Wildman–Crippen LogP) is 4.74. The number of esters is 1. The second-order valence-corrected chi connectivity index (χ2v) is 7.88. The van der Waals surface area contributed by atoms with Crippen molar-refractivity contribution in [1.82, 2.24) is 10.3 Å². The number of hydrogen-bond acceptors (Lipinski definition) is 6. The van der Waals surface area contributed by atoms with E-state index in [9.17, 15) is 4.79 Å². The van der Waals surface area contributed by atoms with Crippen LogP contribution >= 0.6 is 0 Å². The molecule has 1 aromatic heterocycles. The highest BCUT2D eigenvalue weighted by atomic mass is 16.5. The summed E-state index contributed by atoms with van der Waals surface area (Å²) in [6.07, 6.45) is 1.48. The number of rotatable bonds is 11. The minimum atomic E-state index is -0.369. The van der Waals surface area contributed by atoms with Gasteiger partial charge in [-0.3, -0.25) is 0 Å². The van der Waals surface area contributed by atoms with Crippen LogP contribution < -0.4 is 15.4 Å². The first kappa shape index (κ1) is 23.3. The van der Waals surface area contributed by atoms with Gasteiger partial charge in [0.05, 0.1) is 6.10 Å². The SMILES string of the molecule is Cc1cccc(COc2cccc(CNCCNc3ncccc3C(=O)OC(C)C)c2)c1. The van der Waals surface area contributed by atoms with Crippen molar-refractivity contribution in [1.29, 1.82) is 0 Å². The Kier molecular flexibility index (Phi) is 8.63. The summed E-state index contributed by atoms with van der Waals surface area (Å²) in [7, 11) is 0. The number of aromatic nitrogens is 1. The van der Waals surface area contributed by atoms with Gasteiger partial charge in [-0.25, -0.2) is 9.78 Å². The third-order valence-corrected chi connectivity index (χ3v) is 4.68. The highest BCUT2D eigenvalue weighted by Gasteiger charge is 2.14. The molecule has 0 saturated carbocycles. The first-order valence-corrected chi connectivity index (χ1v) is 10.9. The molecule has 1 heterocycles. The van der Waals surface area contributed by atoms with Crippen LogP contribution in [0.1, 0.15) is 40.9 Å². The van der Waals surface area contributed by atoms with Gasteiger partial charge in [-0.05, 0) is 56.2 Å². The Morgan fingerprint density at radius 2 is 1.81 bits per heavy atom. The number of carbonyl (C=O) groups is 1. The first-order chi connectivity index (χ1) is 15.5. The van der Waals surface area contributed by atoms with Gasteiger partial charge in [-0.1, -0.05) is 42.0 Å². The lowest BCUT2D eigenvalue weighted by atomic mass is 10.1. The van der Waals surface area contributed by atoms with Gasteiger partial charge >= 0.3 is 5.97 Å². The smallest absolute Gasteiger partial charge is 0.342 e. The van der Waals surface area contributed by atoms with Crippen molar-refractivity contribution in [2.45, 2.75) is 40.0 Å². The molecule has 0 aliphatic carbocycles. The van der Waals surface area contributed by atoms with Crippen molar-refractivity contribution in [2.24, 2.45) is 0 Å². The van der Waals surface area contributed by atoms with E-state index >= 15 is 0 Å². The van der Waals surface area contributed by atoms with E-state index < -0.39 is 0 Å². The first-order valence-electron chi connectivity index (χ1n) is 10.9. The second-order valence-electron chi connectivity index (χ2n) is 7.88. The average molecular weight is 434 g/mol. The molecule has 0 bridgehead atoms. The third kappa shape index (κ3) is 7.39. The topological polar surface area (TPSA) is 72.5 Å². The van der Waals surface area contributed by atoms with Crippen molar-refractivity contribution in [3.63, 3.8) is 0 Å². The number of aryl methyl sites for hydroxylation is 1. The van der Waals surface area contributed by atoms with Crippen LogP contribution in [-0.2, 0) is 17.9 Å². The Hall–Kier alpha value is -3.38. The van der Waals surface area contributed by atoms with Crippen molar-refractivity contribution >= 4 is 11.8 Å². The fourth-order valence-electron chi connectivity index (χ4n) is 3.20. The van der Waals surface area contributed by atoms with Crippen molar-refractivity contribution in [3.8, 4) is 5.75 Å². The van der Waals surface area contributed by atoms with E-state index in [1.165, 1.54) is 5.56 Å². The lowest BCUT2D eigenvalue weighted by Crippen LogP contribution is -2.23. The number of ether oxygens (including phenoxy) is 2. The molecular formula is C26H31N3O3. The molecule has 32 heavy (non-hydrogen) atoms. The summed E-state index contributed by atoms with van der Waals surface area (Å²) in [5.41, 5.74) is 3.98. The van der Waals surface area contributed by atoms with Gasteiger partial charge in [-0.2, -0.15) is 0 Å². The molecule has 0 aliphatic heterocycles.